The number of carboxylic acids is 1. The van der Waals surface area contributed by atoms with Crippen molar-refractivity contribution in [3.05, 3.63) is 69.4 Å². The van der Waals surface area contributed by atoms with Crippen LogP contribution in [0.4, 0.5) is 10.5 Å². The van der Waals surface area contributed by atoms with E-state index in [4.69, 9.17) is 5.11 Å². The molecule has 2 aromatic rings. The standard InChI is InChI=1S/C16H13IN2O3/c17-12-6-7-14(13(10-12)15(20)21)19-16(22)18-9-8-11-4-2-1-3-5-11/h1-10H,(H,20,21)(H2,18,19,22). The first-order valence-corrected chi connectivity index (χ1v) is 7.46. The molecule has 22 heavy (non-hydrogen) atoms. The number of urea groups is 1. The molecule has 0 spiro atoms. The number of hydrogen-bond donors (Lipinski definition) is 3. The maximum Gasteiger partial charge on any atom is 0.337 e. The molecule has 112 valence electrons. The van der Waals surface area contributed by atoms with Crippen LogP contribution in [0, 0.1) is 3.57 Å². The van der Waals surface area contributed by atoms with Gasteiger partial charge in [0.1, 0.15) is 0 Å². The van der Waals surface area contributed by atoms with Crippen molar-refractivity contribution < 1.29 is 14.7 Å². The van der Waals surface area contributed by atoms with E-state index >= 15 is 0 Å². The maximum atomic E-state index is 11.8. The lowest BCUT2D eigenvalue weighted by Crippen LogP contribution is -2.24. The monoisotopic (exact) mass is 408 g/mol. The molecule has 0 radical (unpaired) electrons. The minimum atomic E-state index is -1.09. The zero-order valence-corrected chi connectivity index (χ0v) is 13.6. The van der Waals surface area contributed by atoms with E-state index < -0.39 is 12.0 Å². The Morgan fingerprint density at radius 3 is 2.50 bits per heavy atom. The first-order chi connectivity index (χ1) is 10.6. The quantitative estimate of drug-likeness (QED) is 0.674. The zero-order chi connectivity index (χ0) is 15.9. The summed E-state index contributed by atoms with van der Waals surface area (Å²) in [6.07, 6.45) is 3.24. The van der Waals surface area contributed by atoms with Crippen LogP contribution in [0.3, 0.4) is 0 Å². The van der Waals surface area contributed by atoms with Crippen LogP contribution in [0.1, 0.15) is 15.9 Å². The molecule has 2 aromatic carbocycles. The predicted octanol–water partition coefficient (Wildman–Crippen LogP) is 3.78. The fraction of sp³-hybridized carbons (Fsp3) is 0. The van der Waals surface area contributed by atoms with E-state index in [1.54, 1.807) is 18.2 Å². The Morgan fingerprint density at radius 2 is 1.82 bits per heavy atom. The van der Waals surface area contributed by atoms with Gasteiger partial charge in [0.2, 0.25) is 0 Å². The third-order valence-corrected chi connectivity index (χ3v) is 3.42. The highest BCUT2D eigenvalue weighted by atomic mass is 127. The van der Waals surface area contributed by atoms with Crippen molar-refractivity contribution in [3.63, 3.8) is 0 Å². The lowest BCUT2D eigenvalue weighted by molar-refractivity contribution is 0.0698. The second kappa shape index (κ2) is 7.60. The molecule has 0 bridgehead atoms. The number of aromatic carboxylic acids is 1. The van der Waals surface area contributed by atoms with Crippen LogP contribution in [-0.2, 0) is 0 Å². The molecule has 0 aliphatic heterocycles. The summed E-state index contributed by atoms with van der Waals surface area (Å²) in [6, 6.07) is 13.8. The van der Waals surface area contributed by atoms with Crippen molar-refractivity contribution in [1.29, 1.82) is 0 Å². The molecule has 0 saturated heterocycles. The molecule has 0 unspecified atom stereocenters. The summed E-state index contributed by atoms with van der Waals surface area (Å²) in [5.41, 5.74) is 1.25. The minimum Gasteiger partial charge on any atom is -0.478 e. The summed E-state index contributed by atoms with van der Waals surface area (Å²) >= 11 is 2.02. The Bertz CT molecular complexity index is 715. The summed E-state index contributed by atoms with van der Waals surface area (Å²) in [5, 5.41) is 14.2. The van der Waals surface area contributed by atoms with Gasteiger partial charge >= 0.3 is 12.0 Å². The van der Waals surface area contributed by atoms with Gasteiger partial charge in [-0.25, -0.2) is 9.59 Å². The van der Waals surface area contributed by atoms with Gasteiger partial charge in [0.15, 0.2) is 0 Å². The number of carbonyl (C=O) groups excluding carboxylic acids is 1. The Kier molecular flexibility index (Phi) is 5.54. The summed E-state index contributed by atoms with van der Waals surface area (Å²) in [5.74, 6) is -1.09. The van der Waals surface area contributed by atoms with E-state index in [1.807, 2.05) is 52.9 Å². The molecule has 2 rings (SSSR count). The highest BCUT2D eigenvalue weighted by Crippen LogP contribution is 2.18. The van der Waals surface area contributed by atoms with E-state index in [9.17, 15) is 9.59 Å². The number of carbonyl (C=O) groups is 2. The van der Waals surface area contributed by atoms with Crippen molar-refractivity contribution in [2.45, 2.75) is 0 Å². The molecular formula is C16H13IN2O3. The molecule has 0 aliphatic carbocycles. The van der Waals surface area contributed by atoms with E-state index in [0.29, 0.717) is 0 Å². The fourth-order valence-corrected chi connectivity index (χ4v) is 2.23. The molecule has 2 amide bonds. The van der Waals surface area contributed by atoms with Crippen molar-refractivity contribution in [2.75, 3.05) is 5.32 Å². The van der Waals surface area contributed by atoms with E-state index in [1.165, 1.54) is 12.3 Å². The number of anilines is 1. The predicted molar refractivity (Wildman–Crippen MR) is 93.7 cm³/mol. The van der Waals surface area contributed by atoms with Gasteiger partial charge in [0.05, 0.1) is 11.3 Å². The Hall–Kier alpha value is -2.35. The maximum absolute atomic E-state index is 11.8. The zero-order valence-electron chi connectivity index (χ0n) is 11.4. The highest BCUT2D eigenvalue weighted by Gasteiger charge is 2.12. The molecule has 0 fully saturated rings. The number of halogens is 1. The smallest absolute Gasteiger partial charge is 0.337 e. The minimum absolute atomic E-state index is 0.0501. The Labute approximate surface area is 141 Å². The summed E-state index contributed by atoms with van der Waals surface area (Å²) in [7, 11) is 0. The van der Waals surface area contributed by atoms with Gasteiger partial charge in [0.25, 0.3) is 0 Å². The van der Waals surface area contributed by atoms with Gasteiger partial charge in [0, 0.05) is 9.77 Å². The number of rotatable bonds is 4. The molecule has 0 heterocycles. The number of carboxylic acid groups (broad SMARTS) is 1. The Balaban J connectivity index is 2.01. The molecule has 3 N–H and O–H groups in total. The first-order valence-electron chi connectivity index (χ1n) is 6.38. The average molecular weight is 408 g/mol. The molecule has 0 aliphatic rings. The summed E-state index contributed by atoms with van der Waals surface area (Å²) in [6.45, 7) is 0. The van der Waals surface area contributed by atoms with Crippen LogP contribution in [0.25, 0.3) is 6.08 Å². The van der Waals surface area contributed by atoms with E-state index in [0.717, 1.165) is 9.13 Å². The molecule has 5 nitrogen and oxygen atoms in total. The molecule has 6 heteroatoms. The third-order valence-electron chi connectivity index (χ3n) is 2.75. The Morgan fingerprint density at radius 1 is 1.09 bits per heavy atom. The molecule has 0 atom stereocenters. The second-order valence-electron chi connectivity index (χ2n) is 4.34. The van der Waals surface area contributed by atoms with Crippen LogP contribution < -0.4 is 10.6 Å². The number of nitrogens with one attached hydrogen (secondary N) is 2. The van der Waals surface area contributed by atoms with Crippen molar-refractivity contribution in [3.8, 4) is 0 Å². The van der Waals surface area contributed by atoms with Gasteiger partial charge in [-0.1, -0.05) is 30.3 Å². The van der Waals surface area contributed by atoms with E-state index in [2.05, 4.69) is 10.6 Å². The third kappa shape index (κ3) is 4.59. The van der Waals surface area contributed by atoms with Gasteiger partial charge in [-0.3, -0.25) is 0 Å². The van der Waals surface area contributed by atoms with Crippen molar-refractivity contribution in [2.24, 2.45) is 0 Å². The number of hydrogen-bond acceptors (Lipinski definition) is 2. The number of amides is 2. The van der Waals surface area contributed by atoms with Crippen LogP contribution in [0.2, 0.25) is 0 Å². The van der Waals surface area contributed by atoms with E-state index in [-0.39, 0.29) is 11.3 Å². The highest BCUT2D eigenvalue weighted by molar-refractivity contribution is 14.1. The van der Waals surface area contributed by atoms with Gasteiger partial charge < -0.3 is 15.7 Å². The lowest BCUT2D eigenvalue weighted by atomic mass is 10.2. The van der Waals surface area contributed by atoms with Crippen LogP contribution >= 0.6 is 22.6 Å². The molecular weight excluding hydrogens is 395 g/mol. The van der Waals surface area contributed by atoms with Gasteiger partial charge in [-0.15, -0.1) is 0 Å². The topological polar surface area (TPSA) is 78.4 Å². The summed E-state index contributed by atoms with van der Waals surface area (Å²) < 4.78 is 0.782. The lowest BCUT2D eigenvalue weighted by Gasteiger charge is -2.08. The van der Waals surface area contributed by atoms with Gasteiger partial charge in [-0.05, 0) is 52.4 Å². The fourth-order valence-electron chi connectivity index (χ4n) is 1.74. The SMILES string of the molecule is O=C(NC=Cc1ccccc1)Nc1ccc(I)cc1C(=O)O. The molecule has 0 aromatic heterocycles. The van der Waals surface area contributed by atoms with Crippen LogP contribution in [0.5, 0.6) is 0 Å². The second-order valence-corrected chi connectivity index (χ2v) is 5.58. The largest absolute Gasteiger partial charge is 0.478 e. The van der Waals surface area contributed by atoms with Crippen molar-refractivity contribution in [1.82, 2.24) is 5.32 Å². The molecule has 0 saturated carbocycles. The van der Waals surface area contributed by atoms with Crippen LogP contribution in [-0.4, -0.2) is 17.1 Å². The van der Waals surface area contributed by atoms with Crippen LogP contribution in [0.15, 0.2) is 54.7 Å². The average Bonchev–Trinajstić information content (AvgIpc) is 2.50. The van der Waals surface area contributed by atoms with Gasteiger partial charge in [-0.2, -0.15) is 0 Å². The first kappa shape index (κ1) is 16.0. The summed E-state index contributed by atoms with van der Waals surface area (Å²) in [4.78, 5) is 23.0. The normalized spacial score (nSPS) is 10.4. The number of benzene rings is 2. The van der Waals surface area contributed by atoms with Crippen molar-refractivity contribution >= 4 is 46.4 Å².